The molecule has 0 radical (unpaired) electrons. The van der Waals surface area contributed by atoms with Gasteiger partial charge in [0.25, 0.3) is 0 Å². The quantitative estimate of drug-likeness (QED) is 0.551. The number of fused-ring (bicyclic) bond motifs is 2. The molecule has 5 rings (SSSR count). The summed E-state index contributed by atoms with van der Waals surface area (Å²) >= 11 is 0. The van der Waals surface area contributed by atoms with E-state index in [1.54, 1.807) is 39.7 Å². The molecule has 186 valence electrons. The molecule has 0 saturated heterocycles. The van der Waals surface area contributed by atoms with Crippen LogP contribution in [0.1, 0.15) is 20.3 Å². The van der Waals surface area contributed by atoms with Crippen molar-refractivity contribution in [1.29, 1.82) is 0 Å². The smallest absolute Gasteiger partial charge is 0.227 e. The molecule has 8 heteroatoms. The highest BCUT2D eigenvalue weighted by atomic mass is 16.5. The minimum absolute atomic E-state index is 0.0631. The molecule has 2 atom stereocenters. The van der Waals surface area contributed by atoms with Crippen molar-refractivity contribution in [2.45, 2.75) is 32.4 Å². The largest absolute Gasteiger partial charge is 0.493 e. The Morgan fingerprint density at radius 3 is 2.47 bits per heavy atom. The van der Waals surface area contributed by atoms with Gasteiger partial charge in [-0.3, -0.25) is 4.99 Å². The molecule has 0 bridgehead atoms. The molecule has 2 aromatic carbocycles. The van der Waals surface area contributed by atoms with Crippen LogP contribution >= 0.6 is 0 Å². The van der Waals surface area contributed by atoms with Crippen LogP contribution in [0.5, 0.6) is 17.2 Å². The summed E-state index contributed by atoms with van der Waals surface area (Å²) in [4.78, 5) is 14.1. The molecule has 0 fully saturated rings. The first-order valence-corrected chi connectivity index (χ1v) is 11.8. The number of aromatic nitrogens is 2. The maximum absolute atomic E-state index is 10.8. The van der Waals surface area contributed by atoms with E-state index in [-0.39, 0.29) is 11.5 Å². The Bertz CT molecular complexity index is 1440. The van der Waals surface area contributed by atoms with Crippen molar-refractivity contribution in [3.05, 3.63) is 64.8 Å². The van der Waals surface area contributed by atoms with E-state index in [1.807, 2.05) is 24.3 Å². The van der Waals surface area contributed by atoms with Gasteiger partial charge in [0.2, 0.25) is 11.7 Å². The van der Waals surface area contributed by atoms with Crippen molar-refractivity contribution in [1.82, 2.24) is 9.97 Å². The predicted octanol–water partition coefficient (Wildman–Crippen LogP) is 3.41. The molecule has 2 unspecified atom stereocenters. The first-order chi connectivity index (χ1) is 17.3. The van der Waals surface area contributed by atoms with Gasteiger partial charge < -0.3 is 24.6 Å². The number of rotatable bonds is 6. The lowest BCUT2D eigenvalue weighted by atomic mass is 9.75. The third kappa shape index (κ3) is 4.40. The van der Waals surface area contributed by atoms with Crippen LogP contribution in [0, 0.1) is 5.41 Å². The van der Waals surface area contributed by atoms with E-state index in [1.165, 1.54) is 0 Å². The van der Waals surface area contributed by atoms with E-state index >= 15 is 0 Å². The molecular weight excluding hydrogens is 456 g/mol. The van der Waals surface area contributed by atoms with Crippen LogP contribution in [0.4, 0.5) is 11.6 Å². The zero-order valence-electron chi connectivity index (χ0n) is 21.1. The first kappa shape index (κ1) is 23.8. The molecular formula is C28H30N4O4. The van der Waals surface area contributed by atoms with Gasteiger partial charge in [-0.15, -0.1) is 0 Å². The first-order valence-electron chi connectivity index (χ1n) is 11.8. The summed E-state index contributed by atoms with van der Waals surface area (Å²) in [5.41, 5.74) is 3.31. The fraction of sp³-hybridized carbons (Fsp3) is 0.321. The number of nitrogens with zero attached hydrogens (tertiary/aromatic N) is 3. The van der Waals surface area contributed by atoms with Crippen molar-refractivity contribution in [2.24, 2.45) is 10.4 Å². The highest BCUT2D eigenvalue weighted by Gasteiger charge is 2.34. The Hall–Kier alpha value is -3.91. The van der Waals surface area contributed by atoms with Gasteiger partial charge in [0, 0.05) is 34.8 Å². The molecule has 0 amide bonds. The minimum atomic E-state index is -0.528. The van der Waals surface area contributed by atoms with Crippen LogP contribution in [-0.4, -0.2) is 48.5 Å². The molecule has 3 aromatic rings. The van der Waals surface area contributed by atoms with Crippen molar-refractivity contribution >= 4 is 17.7 Å². The van der Waals surface area contributed by atoms with Gasteiger partial charge in [0.05, 0.1) is 38.5 Å². The topological polar surface area (TPSA) is 98.1 Å². The lowest BCUT2D eigenvalue weighted by Gasteiger charge is -2.35. The zero-order valence-corrected chi connectivity index (χ0v) is 21.1. The van der Waals surface area contributed by atoms with Crippen molar-refractivity contribution in [3.8, 4) is 28.5 Å². The third-order valence-corrected chi connectivity index (χ3v) is 6.51. The summed E-state index contributed by atoms with van der Waals surface area (Å²) in [5.74, 6) is 1.98. The van der Waals surface area contributed by atoms with E-state index in [0.717, 1.165) is 27.4 Å². The van der Waals surface area contributed by atoms with Crippen molar-refractivity contribution < 1.29 is 19.3 Å². The second kappa shape index (κ2) is 9.28. The van der Waals surface area contributed by atoms with Gasteiger partial charge in [-0.05, 0) is 29.6 Å². The lowest BCUT2D eigenvalue weighted by Crippen LogP contribution is -2.42. The number of nitrogens with one attached hydrogen (secondary N) is 1. The standard InChI is InChI=1S/C28H30N4O4/c1-28(2)14-17-11-16-7-6-8-19(24(16)32-25(17)21(33)15-28)20-9-10-29-27(31-20)30-18-12-22(34-3)26(36-5)23(13-18)35-4/h6-14,21,25,33H,15H2,1-5H3,(H,29,30,31). The predicted molar refractivity (Wildman–Crippen MR) is 138 cm³/mol. The molecule has 1 aromatic heterocycles. The third-order valence-electron chi connectivity index (χ3n) is 6.51. The van der Waals surface area contributed by atoms with Crippen LogP contribution in [-0.2, 0) is 0 Å². The summed E-state index contributed by atoms with van der Waals surface area (Å²) in [5, 5.41) is 15.9. The molecule has 2 N–H and O–H groups in total. The molecule has 36 heavy (non-hydrogen) atoms. The van der Waals surface area contributed by atoms with E-state index in [4.69, 9.17) is 24.2 Å². The summed E-state index contributed by atoms with van der Waals surface area (Å²) in [6.07, 6.45) is 6.22. The van der Waals surface area contributed by atoms with Gasteiger partial charge >= 0.3 is 0 Å². The van der Waals surface area contributed by atoms with Crippen molar-refractivity contribution in [2.75, 3.05) is 26.6 Å². The van der Waals surface area contributed by atoms with Gasteiger partial charge in [-0.1, -0.05) is 38.1 Å². The SMILES string of the molecule is COc1cc(Nc2nccc(-c3cccc4c3=NC3C(=CC(C)(C)CC3O)C=4)n2)cc(OC)c1OC. The van der Waals surface area contributed by atoms with Gasteiger partial charge in [0.15, 0.2) is 11.5 Å². The number of aliphatic hydroxyl groups excluding tert-OH is 1. The van der Waals surface area contributed by atoms with Crippen LogP contribution in [0.25, 0.3) is 17.3 Å². The van der Waals surface area contributed by atoms with Crippen LogP contribution in [0.3, 0.4) is 0 Å². The van der Waals surface area contributed by atoms with E-state index < -0.39 is 6.10 Å². The number of benzene rings is 2. The number of aliphatic hydroxyl groups is 1. The fourth-order valence-corrected chi connectivity index (χ4v) is 4.95. The van der Waals surface area contributed by atoms with Crippen LogP contribution in [0.15, 0.2) is 59.2 Å². The zero-order chi connectivity index (χ0) is 25.4. The molecule has 1 aliphatic heterocycles. The summed E-state index contributed by atoms with van der Waals surface area (Å²) in [6, 6.07) is 11.2. The Morgan fingerprint density at radius 1 is 1.03 bits per heavy atom. The monoisotopic (exact) mass is 486 g/mol. The Morgan fingerprint density at radius 2 is 1.78 bits per heavy atom. The second-order valence-electron chi connectivity index (χ2n) is 9.67. The number of hydrogen-bond donors (Lipinski definition) is 2. The molecule has 1 aliphatic carbocycles. The number of anilines is 2. The van der Waals surface area contributed by atoms with Crippen LogP contribution in [0.2, 0.25) is 0 Å². The molecule has 0 spiro atoms. The van der Waals surface area contributed by atoms with Crippen LogP contribution < -0.4 is 30.1 Å². The fourth-order valence-electron chi connectivity index (χ4n) is 4.95. The number of para-hydroxylation sites is 1. The molecule has 8 nitrogen and oxygen atoms in total. The molecule has 0 saturated carbocycles. The van der Waals surface area contributed by atoms with E-state index in [9.17, 15) is 5.11 Å². The lowest BCUT2D eigenvalue weighted by molar-refractivity contribution is 0.106. The molecule has 2 heterocycles. The number of allylic oxidation sites excluding steroid dienone is 1. The summed E-state index contributed by atoms with van der Waals surface area (Å²) in [7, 11) is 4.71. The number of hydrogen-bond acceptors (Lipinski definition) is 8. The van der Waals surface area contributed by atoms with Crippen molar-refractivity contribution in [3.63, 3.8) is 0 Å². The Kier molecular flexibility index (Phi) is 6.14. The Labute approximate surface area is 210 Å². The van der Waals surface area contributed by atoms with Gasteiger partial charge in [-0.25, -0.2) is 9.97 Å². The average Bonchev–Trinajstić information content (AvgIpc) is 2.86. The summed E-state index contributed by atoms with van der Waals surface area (Å²) in [6.45, 7) is 4.28. The average molecular weight is 487 g/mol. The minimum Gasteiger partial charge on any atom is -0.493 e. The molecule has 2 aliphatic rings. The Balaban J connectivity index is 1.54. The summed E-state index contributed by atoms with van der Waals surface area (Å²) < 4.78 is 16.3. The highest BCUT2D eigenvalue weighted by molar-refractivity contribution is 5.68. The number of ether oxygens (including phenoxy) is 3. The van der Waals surface area contributed by atoms with E-state index in [0.29, 0.717) is 35.3 Å². The number of methoxy groups -OCH3 is 3. The normalized spacial score (nSPS) is 19.6. The second-order valence-corrected chi connectivity index (χ2v) is 9.67. The van der Waals surface area contributed by atoms with E-state index in [2.05, 4.69) is 36.3 Å². The van der Waals surface area contributed by atoms with Gasteiger partial charge in [0.1, 0.15) is 6.04 Å². The maximum atomic E-state index is 10.8. The maximum Gasteiger partial charge on any atom is 0.227 e. The van der Waals surface area contributed by atoms with Gasteiger partial charge in [-0.2, -0.15) is 0 Å². The highest BCUT2D eigenvalue weighted by Crippen LogP contribution is 2.40.